The molecule has 2 N–H and O–H groups in total. The lowest BCUT2D eigenvalue weighted by atomic mass is 10.1. The number of piperazine rings is 1. The summed E-state index contributed by atoms with van der Waals surface area (Å²) in [7, 11) is -3.25. The van der Waals surface area contributed by atoms with Crippen molar-refractivity contribution in [3.05, 3.63) is 0 Å². The van der Waals surface area contributed by atoms with Gasteiger partial charge in [-0.15, -0.1) is 0 Å². The number of nitrogens with zero attached hydrogens (tertiary/aromatic N) is 1. The minimum atomic E-state index is -3.25. The first-order chi connectivity index (χ1) is 8.17. The van der Waals surface area contributed by atoms with Crippen molar-refractivity contribution in [3.63, 3.8) is 0 Å². The van der Waals surface area contributed by atoms with Gasteiger partial charge in [0.2, 0.25) is 0 Å². The van der Waals surface area contributed by atoms with Gasteiger partial charge < -0.3 is 5.32 Å². The van der Waals surface area contributed by atoms with E-state index in [0.29, 0.717) is 24.9 Å². The van der Waals surface area contributed by atoms with E-state index < -0.39 is 10.2 Å². The average Bonchev–Trinajstić information content (AvgIpc) is 3.18. The molecule has 0 amide bonds. The zero-order valence-corrected chi connectivity index (χ0v) is 10.9. The molecular formula is C11H21N3O2S. The van der Waals surface area contributed by atoms with E-state index in [1.165, 1.54) is 25.7 Å². The Bertz CT molecular complexity index is 358. The van der Waals surface area contributed by atoms with Crippen molar-refractivity contribution in [2.45, 2.75) is 31.7 Å². The lowest BCUT2D eigenvalue weighted by molar-refractivity contribution is 0.345. The fourth-order valence-corrected chi connectivity index (χ4v) is 4.16. The molecule has 0 atom stereocenters. The Balaban J connectivity index is 1.64. The Labute approximate surface area is 103 Å². The lowest BCUT2D eigenvalue weighted by Gasteiger charge is -2.29. The van der Waals surface area contributed by atoms with E-state index in [1.54, 1.807) is 4.31 Å². The molecule has 0 radical (unpaired) electrons. The van der Waals surface area contributed by atoms with Gasteiger partial charge in [0.1, 0.15) is 0 Å². The second-order valence-corrected chi connectivity index (χ2v) is 7.17. The maximum absolute atomic E-state index is 12.2. The van der Waals surface area contributed by atoms with Crippen LogP contribution in [0.4, 0.5) is 0 Å². The van der Waals surface area contributed by atoms with Gasteiger partial charge in [0.25, 0.3) is 10.2 Å². The van der Waals surface area contributed by atoms with Gasteiger partial charge in [-0.05, 0) is 37.5 Å². The zero-order chi connectivity index (χ0) is 11.9. The summed E-state index contributed by atoms with van der Waals surface area (Å²) >= 11 is 0. The van der Waals surface area contributed by atoms with Gasteiger partial charge in [-0.1, -0.05) is 0 Å². The van der Waals surface area contributed by atoms with Crippen LogP contribution in [-0.4, -0.2) is 44.9 Å². The molecule has 3 rings (SSSR count). The van der Waals surface area contributed by atoms with Crippen LogP contribution in [0.25, 0.3) is 0 Å². The Kier molecular flexibility index (Phi) is 3.15. The maximum Gasteiger partial charge on any atom is 0.279 e. The van der Waals surface area contributed by atoms with E-state index in [1.807, 2.05) is 0 Å². The molecule has 0 aromatic rings. The van der Waals surface area contributed by atoms with Gasteiger partial charge in [0.15, 0.2) is 0 Å². The fraction of sp³-hybridized carbons (Fsp3) is 1.00. The molecule has 0 bridgehead atoms. The van der Waals surface area contributed by atoms with Crippen molar-refractivity contribution < 1.29 is 8.42 Å². The number of nitrogens with one attached hydrogen (secondary N) is 2. The molecule has 17 heavy (non-hydrogen) atoms. The van der Waals surface area contributed by atoms with Crippen molar-refractivity contribution in [1.29, 1.82) is 0 Å². The summed E-state index contributed by atoms with van der Waals surface area (Å²) < 4.78 is 29.0. The summed E-state index contributed by atoms with van der Waals surface area (Å²) in [6, 6.07) is 0.217. The van der Waals surface area contributed by atoms with Crippen molar-refractivity contribution >= 4 is 10.2 Å². The van der Waals surface area contributed by atoms with Gasteiger partial charge in [-0.3, -0.25) is 0 Å². The predicted octanol–water partition coefficient (Wildman–Crippen LogP) is -0.0854. The van der Waals surface area contributed by atoms with Crippen molar-refractivity contribution in [3.8, 4) is 0 Å². The number of hydrogen-bond acceptors (Lipinski definition) is 3. The van der Waals surface area contributed by atoms with Crippen molar-refractivity contribution in [1.82, 2.24) is 14.3 Å². The van der Waals surface area contributed by atoms with E-state index >= 15 is 0 Å². The third kappa shape index (κ3) is 2.81. The average molecular weight is 259 g/mol. The highest BCUT2D eigenvalue weighted by Crippen LogP contribution is 2.44. The molecule has 0 aromatic carbocycles. The van der Waals surface area contributed by atoms with E-state index in [4.69, 9.17) is 0 Å². The second kappa shape index (κ2) is 4.50. The van der Waals surface area contributed by atoms with Gasteiger partial charge in [0, 0.05) is 32.2 Å². The van der Waals surface area contributed by atoms with Crippen molar-refractivity contribution in [2.75, 3.05) is 26.2 Å². The van der Waals surface area contributed by atoms with Gasteiger partial charge >= 0.3 is 0 Å². The Morgan fingerprint density at radius 2 is 1.59 bits per heavy atom. The molecule has 0 spiro atoms. The second-order valence-electron chi connectivity index (χ2n) is 5.47. The maximum atomic E-state index is 12.2. The molecule has 1 aliphatic heterocycles. The minimum Gasteiger partial charge on any atom is -0.314 e. The van der Waals surface area contributed by atoms with E-state index in [0.717, 1.165) is 13.1 Å². The largest absolute Gasteiger partial charge is 0.314 e. The zero-order valence-electron chi connectivity index (χ0n) is 10.1. The van der Waals surface area contributed by atoms with E-state index in [-0.39, 0.29) is 6.04 Å². The molecule has 2 saturated carbocycles. The first-order valence-corrected chi connectivity index (χ1v) is 8.09. The molecule has 0 aromatic heterocycles. The Hall–Kier alpha value is -0.170. The lowest BCUT2D eigenvalue weighted by Crippen LogP contribution is -2.53. The van der Waals surface area contributed by atoms with E-state index in [2.05, 4.69) is 10.0 Å². The molecule has 6 heteroatoms. The highest BCUT2D eigenvalue weighted by atomic mass is 32.2. The van der Waals surface area contributed by atoms with Crippen LogP contribution in [0, 0.1) is 11.8 Å². The van der Waals surface area contributed by atoms with Gasteiger partial charge in [0.05, 0.1) is 0 Å². The third-order valence-electron chi connectivity index (χ3n) is 3.96. The Morgan fingerprint density at radius 3 is 2.06 bits per heavy atom. The molecule has 1 heterocycles. The molecule has 5 nitrogen and oxygen atoms in total. The summed E-state index contributed by atoms with van der Waals surface area (Å²) in [4.78, 5) is 0. The summed E-state index contributed by atoms with van der Waals surface area (Å²) in [6.45, 7) is 2.71. The smallest absolute Gasteiger partial charge is 0.279 e. The van der Waals surface area contributed by atoms with Crippen LogP contribution in [0.3, 0.4) is 0 Å². The highest BCUT2D eigenvalue weighted by Gasteiger charge is 2.44. The van der Waals surface area contributed by atoms with Crippen LogP contribution in [0.15, 0.2) is 0 Å². The number of hydrogen-bond donors (Lipinski definition) is 2. The standard InChI is InChI=1S/C11H21N3O2S/c15-17(16,14-7-5-12-6-8-14)13-11(9-1-2-9)10-3-4-10/h9-13H,1-8H2. The summed E-state index contributed by atoms with van der Waals surface area (Å²) in [5.74, 6) is 1.22. The minimum absolute atomic E-state index is 0.217. The van der Waals surface area contributed by atoms with Crippen LogP contribution in [0.5, 0.6) is 0 Å². The molecule has 2 aliphatic carbocycles. The molecule has 1 saturated heterocycles. The van der Waals surface area contributed by atoms with Crippen LogP contribution in [0.1, 0.15) is 25.7 Å². The van der Waals surface area contributed by atoms with Gasteiger partial charge in [-0.25, -0.2) is 0 Å². The molecular weight excluding hydrogens is 238 g/mol. The van der Waals surface area contributed by atoms with Crippen LogP contribution >= 0.6 is 0 Å². The van der Waals surface area contributed by atoms with Crippen LogP contribution in [-0.2, 0) is 10.2 Å². The SMILES string of the molecule is O=S(=O)(NC(C1CC1)C1CC1)N1CCNCC1. The molecule has 3 aliphatic rings. The summed E-state index contributed by atoms with van der Waals surface area (Å²) in [5, 5.41) is 3.18. The highest BCUT2D eigenvalue weighted by molar-refractivity contribution is 7.87. The first-order valence-electron chi connectivity index (χ1n) is 6.65. The number of rotatable bonds is 5. The van der Waals surface area contributed by atoms with Crippen LogP contribution < -0.4 is 10.0 Å². The third-order valence-corrected chi connectivity index (χ3v) is 5.58. The summed E-state index contributed by atoms with van der Waals surface area (Å²) in [5.41, 5.74) is 0. The predicted molar refractivity (Wildman–Crippen MR) is 65.7 cm³/mol. The molecule has 98 valence electrons. The Morgan fingerprint density at radius 1 is 1.06 bits per heavy atom. The summed E-state index contributed by atoms with van der Waals surface area (Å²) in [6.07, 6.45) is 4.80. The topological polar surface area (TPSA) is 61.4 Å². The van der Waals surface area contributed by atoms with Gasteiger partial charge in [-0.2, -0.15) is 17.4 Å². The van der Waals surface area contributed by atoms with Crippen molar-refractivity contribution in [2.24, 2.45) is 11.8 Å². The van der Waals surface area contributed by atoms with E-state index in [9.17, 15) is 8.42 Å². The first kappa shape index (κ1) is 11.9. The monoisotopic (exact) mass is 259 g/mol. The molecule has 3 fully saturated rings. The molecule has 0 unspecified atom stereocenters. The fourth-order valence-electron chi connectivity index (χ4n) is 2.62. The quantitative estimate of drug-likeness (QED) is 0.726. The normalized spacial score (nSPS) is 27.6. The van der Waals surface area contributed by atoms with Crippen LogP contribution in [0.2, 0.25) is 0 Å².